The Morgan fingerprint density at radius 1 is 1.00 bits per heavy atom. The number of rotatable bonds is 9. The number of anilines is 2. The Morgan fingerprint density at radius 3 is 2.50 bits per heavy atom. The molecule has 11 heteroatoms. The van der Waals surface area contributed by atoms with Crippen molar-refractivity contribution in [1.82, 2.24) is 0 Å². The number of aryl methyl sites for hydroxylation is 2. The molecular formula is C23H21N5O6. The van der Waals surface area contributed by atoms with Gasteiger partial charge in [0.1, 0.15) is 11.4 Å². The van der Waals surface area contributed by atoms with Gasteiger partial charge in [-0.3, -0.25) is 30.4 Å². The van der Waals surface area contributed by atoms with Gasteiger partial charge >= 0.3 is 5.69 Å². The second-order valence-corrected chi connectivity index (χ2v) is 7.29. The first-order chi connectivity index (χ1) is 16.2. The number of nitro groups is 2. The highest BCUT2D eigenvalue weighted by Crippen LogP contribution is 2.28. The molecule has 3 aromatic rings. The number of non-ortho nitro benzene ring substituents is 1. The summed E-state index contributed by atoms with van der Waals surface area (Å²) in [4.78, 5) is 32.7. The first-order valence-electron chi connectivity index (χ1n) is 10.0. The van der Waals surface area contributed by atoms with Crippen LogP contribution in [-0.2, 0) is 4.79 Å². The van der Waals surface area contributed by atoms with Gasteiger partial charge in [-0.15, -0.1) is 0 Å². The molecule has 1 amide bonds. The van der Waals surface area contributed by atoms with Crippen LogP contribution in [0.15, 0.2) is 65.8 Å². The highest BCUT2D eigenvalue weighted by Gasteiger charge is 2.19. The van der Waals surface area contributed by atoms with Crippen LogP contribution in [0.1, 0.15) is 16.7 Å². The van der Waals surface area contributed by atoms with E-state index >= 15 is 0 Å². The quantitative estimate of drug-likeness (QED) is 0.268. The zero-order valence-electron chi connectivity index (χ0n) is 18.3. The van der Waals surface area contributed by atoms with Gasteiger partial charge in [0.2, 0.25) is 0 Å². The van der Waals surface area contributed by atoms with Crippen molar-refractivity contribution in [3.8, 4) is 5.75 Å². The van der Waals surface area contributed by atoms with Gasteiger partial charge in [0.25, 0.3) is 11.6 Å². The molecule has 0 bridgehead atoms. The summed E-state index contributed by atoms with van der Waals surface area (Å²) < 4.78 is 5.54. The summed E-state index contributed by atoms with van der Waals surface area (Å²) in [6, 6.07) is 15.6. The van der Waals surface area contributed by atoms with Crippen molar-refractivity contribution in [2.45, 2.75) is 13.8 Å². The van der Waals surface area contributed by atoms with E-state index in [4.69, 9.17) is 4.74 Å². The number of hydrazone groups is 1. The predicted molar refractivity (Wildman–Crippen MR) is 127 cm³/mol. The molecule has 11 nitrogen and oxygen atoms in total. The number of nitrogens with one attached hydrogen (secondary N) is 2. The van der Waals surface area contributed by atoms with E-state index in [-0.39, 0.29) is 18.2 Å². The van der Waals surface area contributed by atoms with Gasteiger partial charge in [0.15, 0.2) is 6.61 Å². The number of hydrogen-bond acceptors (Lipinski definition) is 8. The Kier molecular flexibility index (Phi) is 7.49. The van der Waals surface area contributed by atoms with Gasteiger partial charge in [0.05, 0.1) is 22.1 Å². The third-order valence-electron chi connectivity index (χ3n) is 4.81. The van der Waals surface area contributed by atoms with Crippen LogP contribution in [0.4, 0.5) is 22.7 Å². The number of hydrogen-bond donors (Lipinski definition) is 2. The highest BCUT2D eigenvalue weighted by atomic mass is 16.6. The molecule has 0 aliphatic heterocycles. The van der Waals surface area contributed by atoms with E-state index in [2.05, 4.69) is 15.8 Å². The maximum atomic E-state index is 12.2. The largest absolute Gasteiger partial charge is 0.484 e. The Bertz CT molecular complexity index is 1270. The number of amides is 1. The van der Waals surface area contributed by atoms with E-state index in [0.717, 1.165) is 23.3 Å². The third-order valence-corrected chi connectivity index (χ3v) is 4.81. The minimum Gasteiger partial charge on any atom is -0.484 e. The van der Waals surface area contributed by atoms with Crippen molar-refractivity contribution in [2.24, 2.45) is 5.10 Å². The van der Waals surface area contributed by atoms with Crippen LogP contribution in [0.5, 0.6) is 5.75 Å². The third kappa shape index (κ3) is 6.36. The van der Waals surface area contributed by atoms with Crippen molar-refractivity contribution in [3.63, 3.8) is 0 Å². The van der Waals surface area contributed by atoms with Crippen molar-refractivity contribution in [1.29, 1.82) is 0 Å². The molecule has 0 radical (unpaired) electrons. The Hall–Kier alpha value is -4.80. The van der Waals surface area contributed by atoms with Crippen LogP contribution in [0.25, 0.3) is 0 Å². The van der Waals surface area contributed by atoms with Gasteiger partial charge in [-0.25, -0.2) is 0 Å². The van der Waals surface area contributed by atoms with Crippen molar-refractivity contribution in [2.75, 3.05) is 17.3 Å². The maximum absolute atomic E-state index is 12.2. The first kappa shape index (κ1) is 23.9. The van der Waals surface area contributed by atoms with Crippen molar-refractivity contribution < 1.29 is 19.4 Å². The van der Waals surface area contributed by atoms with Gasteiger partial charge < -0.3 is 10.1 Å². The molecule has 0 aliphatic rings. The van der Waals surface area contributed by atoms with Crippen LogP contribution in [0.2, 0.25) is 0 Å². The molecule has 34 heavy (non-hydrogen) atoms. The van der Waals surface area contributed by atoms with E-state index in [1.54, 1.807) is 24.3 Å². The highest BCUT2D eigenvalue weighted by molar-refractivity contribution is 5.92. The standard InChI is InChI=1S/C23H21N5O6/c1-15-6-7-18(10-16(15)2)25-23(29)14-34-20-5-3-4-17(11-20)13-24-26-21-9-8-19(27(30)31)12-22(21)28(32)33/h3-13,26H,14H2,1-2H3,(H,25,29)/b24-13+. The molecule has 0 heterocycles. The summed E-state index contributed by atoms with van der Waals surface area (Å²) in [6.07, 6.45) is 1.40. The average Bonchev–Trinajstić information content (AvgIpc) is 2.80. The summed E-state index contributed by atoms with van der Waals surface area (Å²) >= 11 is 0. The molecule has 174 valence electrons. The summed E-state index contributed by atoms with van der Waals surface area (Å²) in [5.41, 5.74) is 5.13. The first-order valence-corrected chi connectivity index (χ1v) is 10.0. The van der Waals surface area contributed by atoms with Gasteiger partial charge in [-0.2, -0.15) is 5.10 Å². The summed E-state index contributed by atoms with van der Waals surface area (Å²) in [5.74, 6) is 0.120. The van der Waals surface area contributed by atoms with Crippen LogP contribution in [-0.4, -0.2) is 28.6 Å². The number of nitro benzene ring substituents is 2. The molecule has 2 N–H and O–H groups in total. The molecule has 0 aromatic heterocycles. The molecule has 0 unspecified atom stereocenters. The lowest BCUT2D eigenvalue weighted by Gasteiger charge is -2.09. The molecule has 0 fully saturated rings. The van der Waals surface area contributed by atoms with Gasteiger partial charge in [-0.05, 0) is 60.9 Å². The molecule has 0 atom stereocenters. The molecule has 3 rings (SSSR count). The zero-order chi connectivity index (χ0) is 24.7. The van der Waals surface area contributed by atoms with Crippen molar-refractivity contribution >= 4 is 34.9 Å². The van der Waals surface area contributed by atoms with Crippen molar-refractivity contribution in [3.05, 3.63) is 97.6 Å². The zero-order valence-corrected chi connectivity index (χ0v) is 18.3. The molecular weight excluding hydrogens is 442 g/mol. The second kappa shape index (κ2) is 10.7. The molecule has 0 saturated heterocycles. The minimum absolute atomic E-state index is 0.00210. The predicted octanol–water partition coefficient (Wildman–Crippen LogP) is 4.58. The summed E-state index contributed by atoms with van der Waals surface area (Å²) in [5, 5.41) is 28.7. The van der Waals surface area contributed by atoms with Crippen LogP contribution in [0, 0.1) is 34.1 Å². The lowest BCUT2D eigenvalue weighted by Crippen LogP contribution is -2.20. The summed E-state index contributed by atoms with van der Waals surface area (Å²) in [7, 11) is 0. The smallest absolute Gasteiger partial charge is 0.301 e. The number of carbonyl (C=O) groups is 1. The van der Waals surface area contributed by atoms with E-state index in [0.29, 0.717) is 17.0 Å². The fraction of sp³-hybridized carbons (Fsp3) is 0.130. The number of ether oxygens (including phenoxy) is 1. The van der Waals surface area contributed by atoms with Gasteiger partial charge in [-0.1, -0.05) is 18.2 Å². The van der Waals surface area contributed by atoms with Crippen LogP contribution in [0.3, 0.4) is 0 Å². The summed E-state index contributed by atoms with van der Waals surface area (Å²) in [6.45, 7) is 3.76. The van der Waals surface area contributed by atoms with E-state index < -0.39 is 21.2 Å². The number of carbonyl (C=O) groups excluding carboxylic acids is 1. The lowest BCUT2D eigenvalue weighted by atomic mass is 10.1. The SMILES string of the molecule is Cc1ccc(NC(=O)COc2cccc(/C=N/Nc3ccc([N+](=O)[O-])cc3[N+](=O)[O-])c2)cc1C. The topological polar surface area (TPSA) is 149 Å². The Balaban J connectivity index is 1.60. The maximum Gasteiger partial charge on any atom is 0.301 e. The molecule has 3 aromatic carbocycles. The van der Waals surface area contributed by atoms with E-state index in [9.17, 15) is 25.0 Å². The van der Waals surface area contributed by atoms with E-state index in [1.807, 2.05) is 32.0 Å². The fourth-order valence-electron chi connectivity index (χ4n) is 2.91. The monoisotopic (exact) mass is 463 g/mol. The second-order valence-electron chi connectivity index (χ2n) is 7.29. The number of benzene rings is 3. The average molecular weight is 463 g/mol. The fourth-order valence-corrected chi connectivity index (χ4v) is 2.91. The Morgan fingerprint density at radius 2 is 1.79 bits per heavy atom. The van der Waals surface area contributed by atoms with Crippen LogP contribution >= 0.6 is 0 Å². The lowest BCUT2D eigenvalue weighted by molar-refractivity contribution is -0.393. The van der Waals surface area contributed by atoms with Gasteiger partial charge in [0, 0.05) is 11.8 Å². The van der Waals surface area contributed by atoms with E-state index in [1.165, 1.54) is 12.3 Å². The Labute approximate surface area is 194 Å². The minimum atomic E-state index is -0.734. The molecule has 0 saturated carbocycles. The normalized spacial score (nSPS) is 10.6. The molecule has 0 aliphatic carbocycles. The number of nitrogens with zero attached hydrogens (tertiary/aromatic N) is 3. The van der Waals surface area contributed by atoms with Crippen LogP contribution < -0.4 is 15.5 Å². The molecule has 0 spiro atoms.